The summed E-state index contributed by atoms with van der Waals surface area (Å²) in [5, 5.41) is 23.6. The molecule has 7 heterocycles. The van der Waals surface area contributed by atoms with Gasteiger partial charge in [0.15, 0.2) is 11.3 Å². The van der Waals surface area contributed by atoms with Crippen molar-refractivity contribution in [3.63, 3.8) is 0 Å². The van der Waals surface area contributed by atoms with E-state index in [1.807, 2.05) is 87.0 Å². The molecule has 2 fully saturated rings. The molecule has 21 heteroatoms. The molecule has 21 nitrogen and oxygen atoms in total. The number of likely N-dealkylation sites (tertiary alicyclic amines) is 1. The van der Waals surface area contributed by atoms with Gasteiger partial charge in [0.05, 0.1) is 83.7 Å². The Bertz CT molecular complexity index is 2970. The number of ether oxygens (including phenoxy) is 7. The Balaban J connectivity index is 0.585. The topological polar surface area (TPSA) is 233 Å². The molecule has 0 radical (unpaired) electrons. The molecule has 0 saturated carbocycles. The predicted molar refractivity (Wildman–Crippen MR) is 296 cm³/mol. The third kappa shape index (κ3) is 15.1. The van der Waals surface area contributed by atoms with Crippen LogP contribution in [-0.4, -0.2) is 160 Å². The third-order valence-corrected chi connectivity index (χ3v) is 13.7. The van der Waals surface area contributed by atoms with Crippen molar-refractivity contribution in [2.75, 3.05) is 115 Å². The van der Waals surface area contributed by atoms with Crippen LogP contribution < -0.4 is 25.4 Å². The summed E-state index contributed by atoms with van der Waals surface area (Å²) in [6, 6.07) is 23.4. The number of carbonyl (C=O) groups is 1. The van der Waals surface area contributed by atoms with Crippen LogP contribution in [-0.2, 0) is 41.4 Å². The monoisotopic (exact) mass is 1070 g/mol. The lowest BCUT2D eigenvalue weighted by Gasteiger charge is -2.36. The van der Waals surface area contributed by atoms with E-state index in [1.165, 1.54) is 12.7 Å². The van der Waals surface area contributed by atoms with Gasteiger partial charge in [0.1, 0.15) is 47.6 Å². The van der Waals surface area contributed by atoms with Gasteiger partial charge in [0.25, 0.3) is 0 Å². The number of piperidine rings is 2. The van der Waals surface area contributed by atoms with E-state index >= 15 is 0 Å². The highest BCUT2D eigenvalue weighted by atomic mass is 16.6. The number of carbonyl (C=O) groups excluding carboxylic acids is 1. The molecule has 2 atom stereocenters. The molecule has 2 saturated heterocycles. The van der Waals surface area contributed by atoms with Crippen LogP contribution in [0.1, 0.15) is 62.6 Å². The van der Waals surface area contributed by atoms with Crippen LogP contribution in [0.3, 0.4) is 0 Å². The number of aromatic nitrogens is 8. The number of hydrogen-bond acceptors (Lipinski definition) is 18. The summed E-state index contributed by atoms with van der Waals surface area (Å²) in [6.07, 6.45) is 15.0. The van der Waals surface area contributed by atoms with Crippen LogP contribution in [0.15, 0.2) is 104 Å². The lowest BCUT2D eigenvalue weighted by Crippen LogP contribution is -2.40. The Morgan fingerprint density at radius 1 is 0.795 bits per heavy atom. The van der Waals surface area contributed by atoms with Gasteiger partial charge in [-0.25, -0.2) is 24.6 Å². The van der Waals surface area contributed by atoms with E-state index in [2.05, 4.69) is 43.3 Å². The smallest absolute Gasteiger partial charge is 0.246 e. The first-order valence-electron chi connectivity index (χ1n) is 27.2. The summed E-state index contributed by atoms with van der Waals surface area (Å²) in [5.74, 6) is 4.02. The van der Waals surface area contributed by atoms with Crippen molar-refractivity contribution in [2.45, 2.75) is 70.5 Å². The van der Waals surface area contributed by atoms with Crippen molar-refractivity contribution in [3.8, 4) is 28.6 Å². The molecule has 2 aliphatic rings. The van der Waals surface area contributed by atoms with Crippen LogP contribution in [0.2, 0.25) is 0 Å². The second-order valence-corrected chi connectivity index (χ2v) is 19.0. The summed E-state index contributed by atoms with van der Waals surface area (Å²) >= 11 is 0. The molecule has 1 amide bonds. The van der Waals surface area contributed by atoms with E-state index in [-0.39, 0.29) is 24.6 Å². The number of aliphatic hydroxyl groups is 1. The molecule has 2 aliphatic heterocycles. The number of nitrogens with one attached hydrogen (secondary N) is 1. The number of aryl methyl sites for hydroxylation is 1. The number of benzene rings is 2. The van der Waals surface area contributed by atoms with Crippen molar-refractivity contribution >= 4 is 40.0 Å². The minimum absolute atomic E-state index is 0.0824. The zero-order chi connectivity index (χ0) is 53.7. The number of anilines is 3. The summed E-state index contributed by atoms with van der Waals surface area (Å²) in [5.41, 5.74) is 11.5. The predicted octanol–water partition coefficient (Wildman–Crippen LogP) is 7.10. The lowest BCUT2D eigenvalue weighted by atomic mass is 9.99. The van der Waals surface area contributed by atoms with E-state index in [4.69, 9.17) is 49.0 Å². The maximum absolute atomic E-state index is 13.3. The number of nitrogens with zero attached hydrogens (tertiary/aromatic N) is 10. The van der Waals surface area contributed by atoms with Gasteiger partial charge in [-0.15, -0.1) is 0 Å². The minimum Gasteiger partial charge on any atom is -0.475 e. The lowest BCUT2D eigenvalue weighted by molar-refractivity contribution is -0.127. The molecule has 0 bridgehead atoms. The first kappa shape index (κ1) is 55.5. The van der Waals surface area contributed by atoms with E-state index in [0.29, 0.717) is 126 Å². The van der Waals surface area contributed by atoms with Crippen LogP contribution in [0.4, 0.5) is 17.5 Å². The number of aliphatic hydroxyl groups excluding tert-OH is 1. The van der Waals surface area contributed by atoms with Crippen molar-refractivity contribution in [3.05, 3.63) is 115 Å². The number of rotatable bonds is 30. The molecule has 5 aromatic heterocycles. The first-order chi connectivity index (χ1) is 38.4. The summed E-state index contributed by atoms with van der Waals surface area (Å²) in [6.45, 7) is 9.39. The van der Waals surface area contributed by atoms with Gasteiger partial charge >= 0.3 is 0 Å². The fourth-order valence-corrected chi connectivity index (χ4v) is 9.67. The highest BCUT2D eigenvalue weighted by Crippen LogP contribution is 2.35. The fraction of sp³-hybridized carbons (Fsp3) is 0.456. The van der Waals surface area contributed by atoms with Gasteiger partial charge in [-0.2, -0.15) is 14.7 Å². The van der Waals surface area contributed by atoms with Gasteiger partial charge < -0.3 is 59.1 Å². The highest BCUT2D eigenvalue weighted by Gasteiger charge is 2.29. The van der Waals surface area contributed by atoms with Gasteiger partial charge in [0.2, 0.25) is 11.8 Å². The molecule has 0 spiro atoms. The van der Waals surface area contributed by atoms with Crippen LogP contribution >= 0.6 is 0 Å². The first-order valence-corrected chi connectivity index (χ1v) is 27.2. The molecule has 4 N–H and O–H groups in total. The number of amides is 1. The molecule has 0 unspecified atom stereocenters. The Morgan fingerprint density at radius 2 is 1.54 bits per heavy atom. The van der Waals surface area contributed by atoms with Gasteiger partial charge in [-0.3, -0.25) is 4.79 Å². The average molecular weight is 1070 g/mol. The normalized spacial score (nSPS) is 15.9. The van der Waals surface area contributed by atoms with Crippen molar-refractivity contribution in [2.24, 2.45) is 0 Å². The summed E-state index contributed by atoms with van der Waals surface area (Å²) < 4.78 is 43.8. The average Bonchev–Trinajstić information content (AvgIpc) is 4.19. The molecule has 7 aromatic rings. The largest absolute Gasteiger partial charge is 0.475 e. The Hall–Kier alpha value is -7.27. The van der Waals surface area contributed by atoms with Crippen LogP contribution in [0.25, 0.3) is 27.9 Å². The molecule has 0 aliphatic carbocycles. The zero-order valence-corrected chi connectivity index (χ0v) is 44.5. The van der Waals surface area contributed by atoms with Gasteiger partial charge in [0, 0.05) is 74.4 Å². The Labute approximate surface area is 454 Å². The molecular formula is C57H72N12O9. The highest BCUT2D eigenvalue weighted by molar-refractivity contribution is 5.98. The third-order valence-electron chi connectivity index (χ3n) is 13.7. The number of pyridine rings is 1. The van der Waals surface area contributed by atoms with E-state index in [0.717, 1.165) is 84.8 Å². The number of nitrogens with two attached hydrogens (primary N) is 1. The maximum atomic E-state index is 13.3. The molecular weight excluding hydrogens is 997 g/mol. The Kier molecular flexibility index (Phi) is 20.6. The summed E-state index contributed by atoms with van der Waals surface area (Å²) in [4.78, 5) is 35.8. The van der Waals surface area contributed by atoms with Crippen molar-refractivity contribution in [1.82, 2.24) is 44.2 Å². The summed E-state index contributed by atoms with van der Waals surface area (Å²) in [7, 11) is 0. The fourth-order valence-electron chi connectivity index (χ4n) is 9.67. The molecule has 2 aromatic carbocycles. The molecule has 78 heavy (non-hydrogen) atoms. The van der Waals surface area contributed by atoms with Crippen LogP contribution in [0.5, 0.6) is 17.4 Å². The quantitative estimate of drug-likeness (QED) is 0.0301. The second kappa shape index (κ2) is 28.9. The van der Waals surface area contributed by atoms with Gasteiger partial charge in [-0.1, -0.05) is 37.3 Å². The SMILES string of the molecule is CCc1cnn2c(NCc3ccc(OCCOCCOCCOCCOCCOC/C=C/C(=O)N4CCC[C@@H](n5nc(-c6ccc(Oc7ccccc7)cc6)c6c(N)ncnc65)C4)nc3)cc(N3CCCC[C@H]3CCO)nc12. The van der Waals surface area contributed by atoms with Gasteiger partial charge in [-0.05, 0) is 86.9 Å². The number of nitrogen functional groups attached to an aromatic ring is 1. The van der Waals surface area contributed by atoms with E-state index in [1.54, 1.807) is 18.3 Å². The standard InChI is InChI=1S/C57H72N12O9/c1-2-43-39-63-69-49(36-50(64-56(43)69)67-23-7-6-10-45(67)21-24-70)59-37-42-15-20-51(60-38-42)77-35-34-76-33-32-75-31-30-74-29-28-73-27-26-72-25-9-14-52(71)66-22-8-11-46(40-66)68-57-53(55(58)61-41-62-57)54(65-68)44-16-18-48(19-17-44)78-47-12-4-3-5-13-47/h3-5,9,12-20,36,38-39,41,45-46,59,70H,2,6-8,10-11,21-35,37,40H2,1H3,(H2,58,61,62)/b14-9+/t45-,46+/m0/s1. The number of hydrogen-bond donors (Lipinski definition) is 3. The molecule has 414 valence electrons. The number of para-hydroxylation sites is 1. The molecule has 9 rings (SSSR count). The number of fused-ring (bicyclic) bond motifs is 2. The minimum atomic E-state index is -0.0904. The zero-order valence-electron chi connectivity index (χ0n) is 44.5. The van der Waals surface area contributed by atoms with E-state index < -0.39 is 0 Å². The van der Waals surface area contributed by atoms with Crippen molar-refractivity contribution < 1.29 is 43.1 Å². The van der Waals surface area contributed by atoms with E-state index in [9.17, 15) is 9.90 Å². The van der Waals surface area contributed by atoms with Crippen LogP contribution in [0, 0.1) is 0 Å². The second-order valence-electron chi connectivity index (χ2n) is 19.0. The maximum Gasteiger partial charge on any atom is 0.246 e. The van der Waals surface area contributed by atoms with Crippen molar-refractivity contribution in [1.29, 1.82) is 0 Å². The Morgan fingerprint density at radius 3 is 2.27 bits per heavy atom.